The maximum absolute atomic E-state index is 11.6. The molecule has 1 rings (SSSR count). The van der Waals surface area contributed by atoms with E-state index in [1.807, 2.05) is 13.2 Å². The van der Waals surface area contributed by atoms with Crippen LogP contribution in [0.3, 0.4) is 0 Å². The number of carbonyl (C=O) groups excluding carboxylic acids is 2. The molecule has 1 aromatic rings. The van der Waals surface area contributed by atoms with Gasteiger partial charge in [0.05, 0.1) is 12.7 Å². The van der Waals surface area contributed by atoms with Crippen LogP contribution in [0.5, 0.6) is 0 Å². The standard InChI is InChI=1S/C13H17NO3S/c1-9-4-5-10(13(16)17-2)8-11(9)14-12(15)6-7-18-3/h4-5,8H,6-7H2,1-3H3,(H,14,15). The van der Waals surface area contributed by atoms with Gasteiger partial charge in [0.15, 0.2) is 0 Å². The van der Waals surface area contributed by atoms with Crippen LogP contribution < -0.4 is 5.32 Å². The number of hydrogen-bond donors (Lipinski definition) is 1. The lowest BCUT2D eigenvalue weighted by Gasteiger charge is -2.09. The van der Waals surface area contributed by atoms with Gasteiger partial charge < -0.3 is 10.1 Å². The number of ether oxygens (including phenoxy) is 1. The van der Waals surface area contributed by atoms with Crippen molar-refractivity contribution in [2.75, 3.05) is 24.4 Å². The van der Waals surface area contributed by atoms with Crippen LogP contribution in [0.4, 0.5) is 5.69 Å². The fourth-order valence-corrected chi connectivity index (χ4v) is 1.80. The first-order valence-electron chi connectivity index (χ1n) is 5.56. The highest BCUT2D eigenvalue weighted by Crippen LogP contribution is 2.18. The normalized spacial score (nSPS) is 9.94. The Kier molecular flexibility index (Phi) is 5.71. The number of benzene rings is 1. The molecule has 0 saturated carbocycles. The summed E-state index contributed by atoms with van der Waals surface area (Å²) in [6, 6.07) is 5.10. The van der Waals surface area contributed by atoms with Gasteiger partial charge in [-0.25, -0.2) is 4.79 Å². The van der Waals surface area contributed by atoms with Crippen LogP contribution in [0, 0.1) is 6.92 Å². The van der Waals surface area contributed by atoms with Gasteiger partial charge in [-0.05, 0) is 30.9 Å². The van der Waals surface area contributed by atoms with E-state index < -0.39 is 5.97 Å². The van der Waals surface area contributed by atoms with Gasteiger partial charge in [-0.2, -0.15) is 11.8 Å². The van der Waals surface area contributed by atoms with Gasteiger partial charge in [-0.1, -0.05) is 6.07 Å². The van der Waals surface area contributed by atoms with Gasteiger partial charge in [-0.3, -0.25) is 4.79 Å². The molecule has 0 aliphatic heterocycles. The van der Waals surface area contributed by atoms with E-state index in [1.54, 1.807) is 30.0 Å². The molecule has 1 aromatic carbocycles. The second kappa shape index (κ2) is 7.06. The number of hydrogen-bond acceptors (Lipinski definition) is 4. The highest BCUT2D eigenvalue weighted by molar-refractivity contribution is 7.98. The highest BCUT2D eigenvalue weighted by Gasteiger charge is 2.09. The molecule has 98 valence electrons. The van der Waals surface area contributed by atoms with Gasteiger partial charge in [0.1, 0.15) is 0 Å². The first-order chi connectivity index (χ1) is 8.58. The minimum atomic E-state index is -0.408. The molecule has 1 N–H and O–H groups in total. The van der Waals surface area contributed by atoms with E-state index in [4.69, 9.17) is 0 Å². The first-order valence-corrected chi connectivity index (χ1v) is 6.95. The van der Waals surface area contributed by atoms with E-state index in [2.05, 4.69) is 10.1 Å². The third-order valence-corrected chi connectivity index (χ3v) is 3.08. The Hall–Kier alpha value is -1.49. The fourth-order valence-electron chi connectivity index (χ4n) is 1.41. The van der Waals surface area contributed by atoms with Gasteiger partial charge in [0.25, 0.3) is 0 Å². The average molecular weight is 267 g/mol. The topological polar surface area (TPSA) is 55.4 Å². The van der Waals surface area contributed by atoms with Crippen molar-refractivity contribution in [3.63, 3.8) is 0 Å². The Morgan fingerprint density at radius 3 is 2.72 bits per heavy atom. The van der Waals surface area contributed by atoms with Gasteiger partial charge in [0, 0.05) is 17.9 Å². The van der Waals surface area contributed by atoms with E-state index in [0.717, 1.165) is 11.3 Å². The van der Waals surface area contributed by atoms with Gasteiger partial charge in [0.2, 0.25) is 5.91 Å². The molecule has 0 aliphatic rings. The number of carbonyl (C=O) groups is 2. The quantitative estimate of drug-likeness (QED) is 0.833. The van der Waals surface area contributed by atoms with Crippen molar-refractivity contribution in [3.05, 3.63) is 29.3 Å². The largest absolute Gasteiger partial charge is 0.465 e. The predicted octanol–water partition coefficient (Wildman–Crippen LogP) is 2.47. The summed E-state index contributed by atoms with van der Waals surface area (Å²) in [5.41, 5.74) is 2.01. The van der Waals surface area contributed by atoms with Crippen molar-refractivity contribution in [1.29, 1.82) is 0 Å². The number of rotatable bonds is 5. The summed E-state index contributed by atoms with van der Waals surface area (Å²) < 4.78 is 4.65. The van der Waals surface area contributed by atoms with Gasteiger partial charge in [-0.15, -0.1) is 0 Å². The van der Waals surface area contributed by atoms with Crippen LogP contribution in [-0.2, 0) is 9.53 Å². The minimum absolute atomic E-state index is 0.0468. The molecule has 0 fully saturated rings. The molecule has 0 bridgehead atoms. The molecular formula is C13H17NO3S. The number of anilines is 1. The maximum atomic E-state index is 11.6. The Morgan fingerprint density at radius 2 is 2.11 bits per heavy atom. The van der Waals surface area contributed by atoms with Crippen molar-refractivity contribution >= 4 is 29.3 Å². The summed E-state index contributed by atoms with van der Waals surface area (Å²) in [6.45, 7) is 1.88. The lowest BCUT2D eigenvalue weighted by molar-refractivity contribution is -0.115. The van der Waals surface area contributed by atoms with E-state index in [1.165, 1.54) is 7.11 Å². The molecular weight excluding hydrogens is 250 g/mol. The number of esters is 1. The van der Waals surface area contributed by atoms with Crippen LogP contribution in [0.1, 0.15) is 22.3 Å². The van der Waals surface area contributed by atoms with Crippen LogP contribution in [0.25, 0.3) is 0 Å². The Labute approximate surface area is 111 Å². The second-order valence-corrected chi connectivity index (χ2v) is 4.80. The minimum Gasteiger partial charge on any atom is -0.465 e. The smallest absolute Gasteiger partial charge is 0.337 e. The monoisotopic (exact) mass is 267 g/mol. The van der Waals surface area contributed by atoms with E-state index >= 15 is 0 Å². The number of amides is 1. The number of aryl methyl sites for hydroxylation is 1. The van der Waals surface area contributed by atoms with Crippen molar-refractivity contribution in [2.24, 2.45) is 0 Å². The zero-order valence-corrected chi connectivity index (χ0v) is 11.6. The van der Waals surface area contributed by atoms with E-state index in [-0.39, 0.29) is 5.91 Å². The summed E-state index contributed by atoms with van der Waals surface area (Å²) in [7, 11) is 1.33. The lowest BCUT2D eigenvalue weighted by Crippen LogP contribution is -2.14. The molecule has 0 spiro atoms. The molecule has 0 radical (unpaired) electrons. The molecule has 0 saturated heterocycles. The van der Waals surface area contributed by atoms with Crippen molar-refractivity contribution in [3.8, 4) is 0 Å². The van der Waals surface area contributed by atoms with E-state index in [9.17, 15) is 9.59 Å². The van der Waals surface area contributed by atoms with Crippen LogP contribution in [0.15, 0.2) is 18.2 Å². The molecule has 18 heavy (non-hydrogen) atoms. The summed E-state index contributed by atoms with van der Waals surface area (Å²) >= 11 is 1.62. The zero-order chi connectivity index (χ0) is 13.5. The Morgan fingerprint density at radius 1 is 1.39 bits per heavy atom. The number of thioether (sulfide) groups is 1. The van der Waals surface area contributed by atoms with E-state index in [0.29, 0.717) is 17.7 Å². The summed E-state index contributed by atoms with van der Waals surface area (Å²) in [6.07, 6.45) is 2.42. The molecule has 0 unspecified atom stereocenters. The third-order valence-electron chi connectivity index (χ3n) is 2.47. The molecule has 0 atom stereocenters. The molecule has 0 aliphatic carbocycles. The Bertz CT molecular complexity index is 446. The lowest BCUT2D eigenvalue weighted by atomic mass is 10.1. The molecule has 5 heteroatoms. The molecule has 1 amide bonds. The van der Waals surface area contributed by atoms with Crippen LogP contribution in [0.2, 0.25) is 0 Å². The zero-order valence-electron chi connectivity index (χ0n) is 10.8. The second-order valence-electron chi connectivity index (χ2n) is 3.81. The number of nitrogens with one attached hydrogen (secondary N) is 1. The highest BCUT2D eigenvalue weighted by atomic mass is 32.2. The fraction of sp³-hybridized carbons (Fsp3) is 0.385. The third kappa shape index (κ3) is 4.07. The van der Waals surface area contributed by atoms with Crippen LogP contribution >= 0.6 is 11.8 Å². The number of methoxy groups -OCH3 is 1. The summed E-state index contributed by atoms with van der Waals surface area (Å²) in [4.78, 5) is 23.0. The first kappa shape index (κ1) is 14.6. The van der Waals surface area contributed by atoms with Crippen LogP contribution in [-0.4, -0.2) is 31.0 Å². The van der Waals surface area contributed by atoms with Crippen molar-refractivity contribution < 1.29 is 14.3 Å². The summed E-state index contributed by atoms with van der Waals surface area (Å²) in [5.74, 6) is 0.325. The SMILES string of the molecule is COC(=O)c1ccc(C)c(NC(=O)CCSC)c1. The molecule has 4 nitrogen and oxygen atoms in total. The summed E-state index contributed by atoms with van der Waals surface area (Å²) in [5, 5.41) is 2.80. The maximum Gasteiger partial charge on any atom is 0.337 e. The van der Waals surface area contributed by atoms with Crippen molar-refractivity contribution in [1.82, 2.24) is 0 Å². The average Bonchev–Trinajstić information content (AvgIpc) is 2.38. The Balaban J connectivity index is 2.81. The molecule has 0 aromatic heterocycles. The molecule has 0 heterocycles. The predicted molar refractivity (Wildman–Crippen MR) is 74.1 cm³/mol. The van der Waals surface area contributed by atoms with Crippen molar-refractivity contribution in [2.45, 2.75) is 13.3 Å². The van der Waals surface area contributed by atoms with Gasteiger partial charge >= 0.3 is 5.97 Å².